The normalized spacial score (nSPS) is 19.9. The number of aliphatic hydroxyl groups excluding tert-OH is 5. The minimum absolute atomic E-state index is 0.0509. The van der Waals surface area contributed by atoms with E-state index < -0.39 is 49.5 Å². The minimum Gasteiger partial charge on any atom is -0.466 e. The molecule has 0 saturated carbocycles. The van der Waals surface area contributed by atoms with Gasteiger partial charge in [0.15, 0.2) is 6.29 Å². The number of rotatable bonds is 46. The Kier molecular flexibility index (Phi) is 42.5. The van der Waals surface area contributed by atoms with Gasteiger partial charge in [0.25, 0.3) is 0 Å². The maximum Gasteiger partial charge on any atom is 0.305 e. The number of carbonyl (C=O) groups is 2. The van der Waals surface area contributed by atoms with E-state index >= 15 is 0 Å². The van der Waals surface area contributed by atoms with Crippen LogP contribution in [0.25, 0.3) is 0 Å². The Morgan fingerprint density at radius 3 is 1.45 bits per heavy atom. The van der Waals surface area contributed by atoms with Gasteiger partial charge >= 0.3 is 5.97 Å². The van der Waals surface area contributed by atoms with Crippen LogP contribution in [0.5, 0.6) is 0 Å². The van der Waals surface area contributed by atoms with Crippen molar-refractivity contribution in [2.24, 2.45) is 0 Å². The summed E-state index contributed by atoms with van der Waals surface area (Å²) in [5.41, 5.74) is 0. The number of aliphatic hydroxyl groups is 5. The molecule has 0 radical (unpaired) electrons. The highest BCUT2D eigenvalue weighted by Crippen LogP contribution is 2.23. The molecule has 0 bridgehead atoms. The first-order valence-electron chi connectivity index (χ1n) is 27.3. The van der Waals surface area contributed by atoms with Crippen molar-refractivity contribution in [2.45, 2.75) is 281 Å². The number of esters is 1. The summed E-state index contributed by atoms with van der Waals surface area (Å²) >= 11 is 0. The van der Waals surface area contributed by atoms with Gasteiger partial charge in [0.2, 0.25) is 5.91 Å². The molecule has 386 valence electrons. The lowest BCUT2D eigenvalue weighted by Crippen LogP contribution is -2.60. The molecule has 1 heterocycles. The first-order chi connectivity index (χ1) is 32.2. The number of nitrogens with one attached hydrogen (secondary N) is 1. The van der Waals surface area contributed by atoms with Crippen molar-refractivity contribution in [3.05, 3.63) is 36.5 Å². The quantitative estimate of drug-likeness (QED) is 0.0196. The van der Waals surface area contributed by atoms with Crippen molar-refractivity contribution in [1.29, 1.82) is 0 Å². The van der Waals surface area contributed by atoms with E-state index in [9.17, 15) is 35.1 Å². The molecule has 1 fully saturated rings. The molecule has 0 aliphatic carbocycles. The Morgan fingerprint density at radius 1 is 0.545 bits per heavy atom. The van der Waals surface area contributed by atoms with E-state index in [1.165, 1.54) is 116 Å². The Balaban J connectivity index is 2.11. The highest BCUT2D eigenvalue weighted by Gasteiger charge is 2.44. The Labute approximate surface area is 403 Å². The molecule has 11 nitrogen and oxygen atoms in total. The van der Waals surface area contributed by atoms with Crippen molar-refractivity contribution in [2.75, 3.05) is 19.8 Å². The van der Waals surface area contributed by atoms with Crippen LogP contribution in [0.15, 0.2) is 36.5 Å². The van der Waals surface area contributed by atoms with Crippen molar-refractivity contribution in [3.63, 3.8) is 0 Å². The summed E-state index contributed by atoms with van der Waals surface area (Å²) < 4.78 is 16.6. The maximum absolute atomic E-state index is 13.0. The summed E-state index contributed by atoms with van der Waals surface area (Å²) in [5, 5.41) is 54.1. The van der Waals surface area contributed by atoms with Crippen LogP contribution >= 0.6 is 0 Å². The van der Waals surface area contributed by atoms with Crippen molar-refractivity contribution in [1.82, 2.24) is 5.32 Å². The fourth-order valence-corrected chi connectivity index (χ4v) is 8.30. The molecule has 0 spiro atoms. The number of unbranched alkanes of at least 4 members (excludes halogenated alkanes) is 28. The molecular formula is C55H101NO10. The summed E-state index contributed by atoms with van der Waals surface area (Å²) in [6.07, 6.45) is 43.8. The van der Waals surface area contributed by atoms with E-state index in [1.54, 1.807) is 6.08 Å². The van der Waals surface area contributed by atoms with Crippen molar-refractivity contribution >= 4 is 11.9 Å². The van der Waals surface area contributed by atoms with Gasteiger partial charge in [-0.1, -0.05) is 172 Å². The van der Waals surface area contributed by atoms with E-state index in [2.05, 4.69) is 43.5 Å². The van der Waals surface area contributed by atoms with Gasteiger partial charge in [0.05, 0.1) is 32.0 Å². The zero-order valence-corrected chi connectivity index (χ0v) is 42.2. The topological polar surface area (TPSA) is 175 Å². The van der Waals surface area contributed by atoms with Crippen LogP contribution in [0.4, 0.5) is 0 Å². The SMILES string of the molecule is CCCCCCCC/C=C\CCCCCCCCCC(=O)OCCCCC/C=C\CCCCCCCC(=O)NC(COC1OC(CO)C(O)C(O)C1O)C(O)/C=C/CCCCCCCCC. The average Bonchev–Trinajstić information content (AvgIpc) is 3.31. The van der Waals surface area contributed by atoms with Gasteiger partial charge in [-0.25, -0.2) is 0 Å². The predicted molar refractivity (Wildman–Crippen MR) is 269 cm³/mol. The van der Waals surface area contributed by atoms with Gasteiger partial charge < -0.3 is 45.1 Å². The molecule has 1 rings (SSSR count). The van der Waals surface area contributed by atoms with Crippen LogP contribution in [-0.2, 0) is 23.8 Å². The molecule has 0 aromatic heterocycles. The fraction of sp³-hybridized carbons (Fsp3) is 0.855. The Bertz CT molecular complexity index is 1190. The third-order valence-electron chi connectivity index (χ3n) is 12.7. The monoisotopic (exact) mass is 936 g/mol. The Morgan fingerprint density at radius 2 is 0.970 bits per heavy atom. The number of hydrogen-bond donors (Lipinski definition) is 6. The van der Waals surface area contributed by atoms with Crippen LogP contribution in [0.3, 0.4) is 0 Å². The largest absolute Gasteiger partial charge is 0.466 e. The molecule has 7 atom stereocenters. The first-order valence-corrected chi connectivity index (χ1v) is 27.3. The van der Waals surface area contributed by atoms with E-state index in [4.69, 9.17) is 14.2 Å². The molecular weight excluding hydrogens is 835 g/mol. The second kappa shape index (κ2) is 45.3. The van der Waals surface area contributed by atoms with E-state index in [-0.39, 0.29) is 18.5 Å². The molecule has 1 saturated heterocycles. The smallest absolute Gasteiger partial charge is 0.305 e. The van der Waals surface area contributed by atoms with Crippen LogP contribution in [0.2, 0.25) is 0 Å². The number of allylic oxidation sites excluding steroid dienone is 5. The van der Waals surface area contributed by atoms with Crippen LogP contribution in [0, 0.1) is 0 Å². The molecule has 7 unspecified atom stereocenters. The van der Waals surface area contributed by atoms with Gasteiger partial charge in [-0.2, -0.15) is 0 Å². The third-order valence-corrected chi connectivity index (χ3v) is 12.7. The number of hydrogen-bond acceptors (Lipinski definition) is 10. The van der Waals surface area contributed by atoms with Gasteiger partial charge in [-0.05, 0) is 89.9 Å². The number of carbonyl (C=O) groups excluding carboxylic acids is 2. The average molecular weight is 936 g/mol. The molecule has 6 N–H and O–H groups in total. The van der Waals surface area contributed by atoms with Crippen LogP contribution in [-0.4, -0.2) is 100 Å². The molecule has 1 aliphatic rings. The van der Waals surface area contributed by atoms with Gasteiger partial charge in [0.1, 0.15) is 24.4 Å². The van der Waals surface area contributed by atoms with Gasteiger partial charge in [-0.15, -0.1) is 0 Å². The summed E-state index contributed by atoms with van der Waals surface area (Å²) in [5.74, 6) is -0.262. The van der Waals surface area contributed by atoms with Crippen LogP contribution in [0.1, 0.15) is 239 Å². The number of amides is 1. The second-order valence-corrected chi connectivity index (χ2v) is 18.9. The lowest BCUT2D eigenvalue weighted by atomic mass is 9.99. The zero-order chi connectivity index (χ0) is 48.1. The zero-order valence-electron chi connectivity index (χ0n) is 42.2. The highest BCUT2D eigenvalue weighted by atomic mass is 16.7. The maximum atomic E-state index is 13.0. The van der Waals surface area contributed by atoms with Crippen LogP contribution < -0.4 is 5.32 Å². The first kappa shape index (κ1) is 61.9. The van der Waals surface area contributed by atoms with Gasteiger partial charge in [-0.3, -0.25) is 9.59 Å². The molecule has 11 heteroatoms. The fourth-order valence-electron chi connectivity index (χ4n) is 8.30. The summed E-state index contributed by atoms with van der Waals surface area (Å²) in [6, 6.07) is -0.827. The summed E-state index contributed by atoms with van der Waals surface area (Å²) in [6.45, 7) is 4.21. The molecule has 1 aliphatic heterocycles. The lowest BCUT2D eigenvalue weighted by Gasteiger charge is -2.40. The minimum atomic E-state index is -1.58. The molecule has 0 aromatic carbocycles. The van der Waals surface area contributed by atoms with Crippen molar-refractivity contribution < 1.29 is 49.3 Å². The lowest BCUT2D eigenvalue weighted by molar-refractivity contribution is -0.302. The van der Waals surface area contributed by atoms with E-state index in [0.29, 0.717) is 19.4 Å². The van der Waals surface area contributed by atoms with E-state index in [1.807, 2.05) is 6.08 Å². The van der Waals surface area contributed by atoms with Crippen molar-refractivity contribution in [3.8, 4) is 0 Å². The summed E-state index contributed by atoms with van der Waals surface area (Å²) in [4.78, 5) is 25.0. The van der Waals surface area contributed by atoms with Gasteiger partial charge in [0, 0.05) is 12.8 Å². The van der Waals surface area contributed by atoms with E-state index in [0.717, 1.165) is 96.3 Å². The molecule has 66 heavy (non-hydrogen) atoms. The Hall–Kier alpha value is -2.12. The third kappa shape index (κ3) is 35.1. The molecule has 0 aromatic rings. The molecule has 1 amide bonds. The summed E-state index contributed by atoms with van der Waals surface area (Å²) in [7, 11) is 0. The standard InChI is InChI=1S/C55H101NO10/c1-3-5-7-9-11-13-14-15-16-17-18-19-23-27-31-35-39-43-51(60)64-44-40-36-32-28-24-21-20-22-26-30-34-38-42-50(59)56-47(48(58)41-37-33-29-25-12-10-8-6-4-2)46-65-55-54(63)53(62)52(61)49(45-57)66-55/h15-16,21,24,37,41,47-49,52-55,57-58,61-63H,3-14,17-20,22-23,25-36,38-40,42-46H2,1-2H3,(H,56,59)/b16-15-,24-21-,41-37+. The highest BCUT2D eigenvalue weighted by molar-refractivity contribution is 5.76. The second-order valence-electron chi connectivity index (χ2n) is 18.9. The predicted octanol–water partition coefficient (Wildman–Crippen LogP) is 11.6. The number of ether oxygens (including phenoxy) is 3.